The Kier molecular flexibility index (Phi) is 6.86. The van der Waals surface area contributed by atoms with Gasteiger partial charge < -0.3 is 20.1 Å². The molecule has 0 aliphatic heterocycles. The van der Waals surface area contributed by atoms with Gasteiger partial charge >= 0.3 is 5.97 Å². The van der Waals surface area contributed by atoms with Crippen LogP contribution in [0.2, 0.25) is 0 Å². The second-order valence-electron chi connectivity index (χ2n) is 5.51. The first-order valence-corrected chi connectivity index (χ1v) is 8.48. The molecule has 0 spiro atoms. The Morgan fingerprint density at radius 3 is 2.50 bits per heavy atom. The molecule has 2 aromatic carbocycles. The van der Waals surface area contributed by atoms with Crippen LogP contribution < -0.4 is 15.4 Å². The molecule has 0 aliphatic rings. The summed E-state index contributed by atoms with van der Waals surface area (Å²) >= 11 is 0. The molecule has 136 valence electrons. The minimum absolute atomic E-state index is 0.409. The number of rotatable bonds is 8. The first-order chi connectivity index (χ1) is 12.6. The number of benzene rings is 2. The zero-order valence-electron chi connectivity index (χ0n) is 15.2. The molecule has 0 saturated heterocycles. The van der Waals surface area contributed by atoms with Crippen LogP contribution in [0.15, 0.2) is 42.5 Å². The van der Waals surface area contributed by atoms with Crippen molar-refractivity contribution >= 4 is 17.3 Å². The summed E-state index contributed by atoms with van der Waals surface area (Å²) in [6.07, 6.45) is 0. The molecule has 0 bridgehead atoms. The van der Waals surface area contributed by atoms with E-state index in [-0.39, 0.29) is 0 Å². The summed E-state index contributed by atoms with van der Waals surface area (Å²) in [5, 5.41) is 15.3. The van der Waals surface area contributed by atoms with Gasteiger partial charge in [-0.1, -0.05) is 6.07 Å². The second kappa shape index (κ2) is 9.33. The molecule has 2 N–H and O–H groups in total. The fourth-order valence-corrected chi connectivity index (χ4v) is 2.53. The largest absolute Gasteiger partial charge is 0.492 e. The summed E-state index contributed by atoms with van der Waals surface area (Å²) in [6, 6.07) is 13.9. The highest BCUT2D eigenvalue weighted by Crippen LogP contribution is 2.30. The van der Waals surface area contributed by atoms with Gasteiger partial charge in [0.15, 0.2) is 6.04 Å². The topological polar surface area (TPSA) is 83.4 Å². The number of carbonyl (C=O) groups is 1. The molecule has 1 unspecified atom stereocenters. The zero-order chi connectivity index (χ0) is 18.9. The maximum absolute atomic E-state index is 12.3. The van der Waals surface area contributed by atoms with Gasteiger partial charge in [0.1, 0.15) is 5.75 Å². The molecular formula is C20H23N3O3. The van der Waals surface area contributed by atoms with Crippen LogP contribution in [0.1, 0.15) is 31.0 Å². The number of esters is 1. The van der Waals surface area contributed by atoms with E-state index in [0.717, 1.165) is 17.8 Å². The smallest absolute Gasteiger partial charge is 0.332 e. The van der Waals surface area contributed by atoms with Gasteiger partial charge in [-0.2, -0.15) is 5.26 Å². The molecule has 6 nitrogen and oxygen atoms in total. The highest BCUT2D eigenvalue weighted by Gasteiger charge is 2.22. The molecular weight excluding hydrogens is 330 g/mol. The predicted octanol–water partition coefficient (Wildman–Crippen LogP) is 3.71. The molecule has 0 aliphatic carbocycles. The molecule has 2 aromatic rings. The van der Waals surface area contributed by atoms with Crippen LogP contribution in [0.4, 0.5) is 11.4 Å². The lowest BCUT2D eigenvalue weighted by atomic mass is 10.0. The second-order valence-corrected chi connectivity index (χ2v) is 5.51. The monoisotopic (exact) mass is 353 g/mol. The molecule has 2 rings (SSSR count). The summed E-state index contributed by atoms with van der Waals surface area (Å²) in [7, 11) is 1.35. The lowest BCUT2D eigenvalue weighted by molar-refractivity contribution is -0.141. The number of carbonyl (C=O) groups excluding carboxylic acids is 1. The van der Waals surface area contributed by atoms with Crippen LogP contribution in [-0.2, 0) is 9.53 Å². The van der Waals surface area contributed by atoms with Crippen molar-refractivity contribution in [3.63, 3.8) is 0 Å². The van der Waals surface area contributed by atoms with Crippen molar-refractivity contribution < 1.29 is 14.3 Å². The van der Waals surface area contributed by atoms with Crippen molar-refractivity contribution in [2.45, 2.75) is 19.9 Å². The number of hydrogen-bond donors (Lipinski definition) is 2. The average Bonchev–Trinajstić information content (AvgIpc) is 2.68. The number of anilines is 2. The number of nitrogens with zero attached hydrogens (tertiary/aromatic N) is 1. The van der Waals surface area contributed by atoms with E-state index in [1.807, 2.05) is 32.0 Å². The van der Waals surface area contributed by atoms with E-state index in [1.54, 1.807) is 24.3 Å². The lowest BCUT2D eigenvalue weighted by Gasteiger charge is -2.20. The van der Waals surface area contributed by atoms with Crippen molar-refractivity contribution in [3.8, 4) is 11.8 Å². The molecule has 0 radical (unpaired) electrons. The number of nitrogens with one attached hydrogen (secondary N) is 2. The number of methoxy groups -OCH3 is 1. The Morgan fingerprint density at radius 1 is 1.19 bits per heavy atom. The van der Waals surface area contributed by atoms with Crippen LogP contribution >= 0.6 is 0 Å². The summed E-state index contributed by atoms with van der Waals surface area (Å²) in [5.41, 5.74) is 2.87. The highest BCUT2D eigenvalue weighted by atomic mass is 16.5. The van der Waals surface area contributed by atoms with E-state index in [2.05, 4.69) is 16.7 Å². The Bertz CT molecular complexity index is 782. The van der Waals surface area contributed by atoms with Crippen LogP contribution in [0.3, 0.4) is 0 Å². The van der Waals surface area contributed by atoms with Crippen LogP contribution in [0, 0.1) is 11.3 Å². The quantitative estimate of drug-likeness (QED) is 0.704. The maximum Gasteiger partial charge on any atom is 0.332 e. The Hall–Kier alpha value is -3.20. The third kappa shape index (κ3) is 4.67. The molecule has 6 heteroatoms. The van der Waals surface area contributed by atoms with Gasteiger partial charge in [0.05, 0.1) is 31.0 Å². The van der Waals surface area contributed by atoms with Crippen LogP contribution in [-0.4, -0.2) is 26.2 Å². The van der Waals surface area contributed by atoms with E-state index in [4.69, 9.17) is 14.7 Å². The normalized spacial score (nSPS) is 11.2. The molecule has 0 amide bonds. The maximum atomic E-state index is 12.3. The van der Waals surface area contributed by atoms with E-state index >= 15 is 0 Å². The van der Waals surface area contributed by atoms with Gasteiger partial charge in [0.25, 0.3) is 0 Å². The van der Waals surface area contributed by atoms with E-state index in [9.17, 15) is 4.79 Å². The van der Waals surface area contributed by atoms with Gasteiger partial charge in [-0.15, -0.1) is 0 Å². The number of hydrogen-bond acceptors (Lipinski definition) is 6. The third-order valence-corrected chi connectivity index (χ3v) is 3.77. The van der Waals surface area contributed by atoms with E-state index < -0.39 is 12.0 Å². The predicted molar refractivity (Wildman–Crippen MR) is 101 cm³/mol. The molecule has 1 atom stereocenters. The Morgan fingerprint density at radius 2 is 1.92 bits per heavy atom. The lowest BCUT2D eigenvalue weighted by Crippen LogP contribution is -2.22. The summed E-state index contributed by atoms with van der Waals surface area (Å²) in [4.78, 5) is 12.3. The Balaban J connectivity index is 2.34. The van der Waals surface area contributed by atoms with Crippen LogP contribution in [0.25, 0.3) is 0 Å². The fourth-order valence-electron chi connectivity index (χ4n) is 2.53. The zero-order valence-corrected chi connectivity index (χ0v) is 15.2. The number of ether oxygens (including phenoxy) is 2. The standard InChI is InChI=1S/C20H23N3O3/c1-4-22-17-11-8-15(12-18(17)26-5-2)19(20(24)25-3)23-16-9-6-14(13-21)7-10-16/h6-12,19,22-23H,4-5H2,1-3H3. The summed E-state index contributed by atoms with van der Waals surface area (Å²) in [5.74, 6) is 0.274. The average molecular weight is 353 g/mol. The summed E-state index contributed by atoms with van der Waals surface area (Å²) < 4.78 is 10.6. The van der Waals surface area contributed by atoms with Crippen molar-refractivity contribution in [1.82, 2.24) is 0 Å². The van der Waals surface area contributed by atoms with Gasteiger partial charge in [-0.05, 0) is 55.8 Å². The first-order valence-electron chi connectivity index (χ1n) is 8.48. The number of nitriles is 1. The molecule has 0 aromatic heterocycles. The minimum atomic E-state index is -0.692. The SMILES string of the molecule is CCNc1ccc(C(Nc2ccc(C#N)cc2)C(=O)OC)cc1OCC. The van der Waals surface area contributed by atoms with Crippen molar-refractivity contribution in [2.75, 3.05) is 30.9 Å². The van der Waals surface area contributed by atoms with Crippen molar-refractivity contribution in [3.05, 3.63) is 53.6 Å². The Labute approximate surface area is 153 Å². The van der Waals surface area contributed by atoms with Gasteiger partial charge in [0.2, 0.25) is 0 Å². The van der Waals surface area contributed by atoms with Gasteiger partial charge in [-0.25, -0.2) is 4.79 Å². The fraction of sp³-hybridized carbons (Fsp3) is 0.300. The van der Waals surface area contributed by atoms with Gasteiger partial charge in [-0.3, -0.25) is 0 Å². The van der Waals surface area contributed by atoms with Crippen molar-refractivity contribution in [1.29, 1.82) is 5.26 Å². The third-order valence-electron chi connectivity index (χ3n) is 3.77. The molecule has 0 heterocycles. The first kappa shape index (κ1) is 19.1. The molecule has 0 saturated carbocycles. The highest BCUT2D eigenvalue weighted by molar-refractivity contribution is 5.81. The summed E-state index contributed by atoms with van der Waals surface area (Å²) in [6.45, 7) is 5.21. The van der Waals surface area contributed by atoms with E-state index in [1.165, 1.54) is 7.11 Å². The van der Waals surface area contributed by atoms with Gasteiger partial charge in [0, 0.05) is 12.2 Å². The minimum Gasteiger partial charge on any atom is -0.492 e. The molecule has 26 heavy (non-hydrogen) atoms. The van der Waals surface area contributed by atoms with Crippen LogP contribution in [0.5, 0.6) is 5.75 Å². The van der Waals surface area contributed by atoms with Crippen molar-refractivity contribution in [2.24, 2.45) is 0 Å². The van der Waals surface area contributed by atoms with E-state index in [0.29, 0.717) is 23.6 Å². The molecule has 0 fully saturated rings.